The van der Waals surface area contributed by atoms with E-state index in [1.807, 2.05) is 12.1 Å². The van der Waals surface area contributed by atoms with Crippen LogP contribution in [0.15, 0.2) is 35.0 Å². The van der Waals surface area contributed by atoms with Crippen LogP contribution in [0.1, 0.15) is 24.3 Å². The van der Waals surface area contributed by atoms with E-state index in [0.717, 1.165) is 25.1 Å². The first kappa shape index (κ1) is 20.2. The minimum absolute atomic E-state index is 0.162. The Morgan fingerprint density at radius 2 is 2.12 bits per heavy atom. The Hall–Kier alpha value is -3.73. The van der Waals surface area contributed by atoms with Gasteiger partial charge in [0.25, 0.3) is 5.88 Å². The molecule has 0 aromatic carbocycles. The van der Waals surface area contributed by atoms with Crippen LogP contribution >= 0.6 is 0 Å². The Kier molecular flexibility index (Phi) is 5.55. The molecule has 0 spiro atoms. The Bertz CT molecular complexity index is 1200. The average Bonchev–Trinajstić information content (AvgIpc) is 3.57. The molecule has 32 heavy (non-hydrogen) atoms. The fourth-order valence-corrected chi connectivity index (χ4v) is 3.37. The first-order valence-corrected chi connectivity index (χ1v) is 10.3. The summed E-state index contributed by atoms with van der Waals surface area (Å²) in [6.45, 7) is 3.34. The summed E-state index contributed by atoms with van der Waals surface area (Å²) in [4.78, 5) is 4.40. The highest BCUT2D eigenvalue weighted by atomic mass is 16.5. The van der Waals surface area contributed by atoms with E-state index in [2.05, 4.69) is 25.4 Å². The first-order chi connectivity index (χ1) is 15.7. The van der Waals surface area contributed by atoms with Crippen molar-refractivity contribution in [1.29, 1.82) is 0 Å². The molecular weight excluding hydrogens is 416 g/mol. The molecule has 1 atom stereocenters. The molecule has 0 radical (unpaired) electrons. The highest BCUT2D eigenvalue weighted by molar-refractivity contribution is 5.56. The molecular formula is C21H22N6O5. The van der Waals surface area contributed by atoms with E-state index in [1.165, 1.54) is 11.6 Å². The Morgan fingerprint density at radius 3 is 2.84 bits per heavy atom. The lowest BCUT2D eigenvalue weighted by Gasteiger charge is -2.12. The normalized spacial score (nSPS) is 15.9. The monoisotopic (exact) mass is 438 g/mol. The molecule has 1 unspecified atom stereocenters. The van der Waals surface area contributed by atoms with Crippen molar-refractivity contribution in [2.75, 3.05) is 20.3 Å². The third kappa shape index (κ3) is 4.19. The molecule has 5 rings (SSSR count). The van der Waals surface area contributed by atoms with Gasteiger partial charge in [-0.25, -0.2) is 0 Å². The number of rotatable bonds is 8. The number of pyridine rings is 1. The van der Waals surface area contributed by atoms with Gasteiger partial charge in [0, 0.05) is 18.7 Å². The summed E-state index contributed by atoms with van der Waals surface area (Å²) in [6.07, 6.45) is 3.95. The van der Waals surface area contributed by atoms with Gasteiger partial charge in [-0.15, -0.1) is 15.3 Å². The van der Waals surface area contributed by atoms with Gasteiger partial charge >= 0.3 is 0 Å². The summed E-state index contributed by atoms with van der Waals surface area (Å²) in [6, 6.07) is 7.16. The van der Waals surface area contributed by atoms with Gasteiger partial charge in [0.15, 0.2) is 17.1 Å². The minimum Gasteiger partial charge on any atom is -0.491 e. The van der Waals surface area contributed by atoms with Crippen molar-refractivity contribution in [1.82, 2.24) is 30.0 Å². The molecule has 0 aliphatic carbocycles. The zero-order valence-electron chi connectivity index (χ0n) is 17.7. The van der Waals surface area contributed by atoms with E-state index in [1.54, 1.807) is 25.3 Å². The molecule has 11 nitrogen and oxygen atoms in total. The molecule has 0 N–H and O–H groups in total. The second kappa shape index (κ2) is 8.79. The van der Waals surface area contributed by atoms with Crippen LogP contribution in [0.4, 0.5) is 0 Å². The second-order valence-electron chi connectivity index (χ2n) is 7.35. The van der Waals surface area contributed by atoms with E-state index >= 15 is 0 Å². The van der Waals surface area contributed by atoms with E-state index < -0.39 is 0 Å². The molecule has 0 bridgehead atoms. The maximum absolute atomic E-state index is 5.89. The third-order valence-electron chi connectivity index (χ3n) is 5.02. The van der Waals surface area contributed by atoms with E-state index in [-0.39, 0.29) is 18.6 Å². The van der Waals surface area contributed by atoms with Crippen LogP contribution in [-0.4, -0.2) is 56.4 Å². The number of ether oxygens (including phenoxy) is 4. The van der Waals surface area contributed by atoms with Gasteiger partial charge in [0.05, 0.1) is 25.1 Å². The van der Waals surface area contributed by atoms with Crippen LogP contribution in [0.25, 0.3) is 17.2 Å². The fraction of sp³-hybridized carbons (Fsp3) is 0.381. The number of methoxy groups -OCH3 is 1. The van der Waals surface area contributed by atoms with Gasteiger partial charge in [-0.05, 0) is 31.9 Å². The zero-order chi connectivity index (χ0) is 21.9. The van der Waals surface area contributed by atoms with Gasteiger partial charge < -0.3 is 23.5 Å². The van der Waals surface area contributed by atoms with Crippen molar-refractivity contribution in [3.05, 3.63) is 41.9 Å². The van der Waals surface area contributed by atoms with E-state index in [0.29, 0.717) is 41.0 Å². The predicted octanol–water partition coefficient (Wildman–Crippen LogP) is 2.63. The molecule has 4 aromatic heterocycles. The standard InChI is InChI=1S/C21H22N6O5/c1-13-8-17(26-32-13)20-24-23-19-9-18(28-2)21(25-27(19)20)31-11-14-5-6-15(10-22-14)30-12-16-4-3-7-29-16/h5-6,8-10,16H,3-4,7,11-12H2,1-2H3. The number of hydrogen-bond donors (Lipinski definition) is 0. The van der Waals surface area contributed by atoms with Gasteiger partial charge in [-0.2, -0.15) is 4.52 Å². The van der Waals surface area contributed by atoms with Crippen LogP contribution in [-0.2, 0) is 11.3 Å². The molecule has 1 aliphatic rings. The molecule has 0 amide bonds. The minimum atomic E-state index is 0.162. The quantitative estimate of drug-likeness (QED) is 0.406. The highest BCUT2D eigenvalue weighted by Crippen LogP contribution is 2.28. The smallest absolute Gasteiger partial charge is 0.275 e. The third-order valence-corrected chi connectivity index (χ3v) is 5.02. The van der Waals surface area contributed by atoms with E-state index in [9.17, 15) is 0 Å². The maximum Gasteiger partial charge on any atom is 0.275 e. The van der Waals surface area contributed by atoms with Gasteiger partial charge in [-0.1, -0.05) is 5.16 Å². The van der Waals surface area contributed by atoms with Crippen molar-refractivity contribution in [3.8, 4) is 28.9 Å². The summed E-state index contributed by atoms with van der Waals surface area (Å²) in [5, 5.41) is 16.8. The molecule has 166 valence electrons. The lowest BCUT2D eigenvalue weighted by Crippen LogP contribution is -2.16. The van der Waals surface area contributed by atoms with Crippen LogP contribution in [0.3, 0.4) is 0 Å². The fourth-order valence-electron chi connectivity index (χ4n) is 3.37. The summed E-state index contributed by atoms with van der Waals surface area (Å²) in [5.74, 6) is 2.51. The van der Waals surface area contributed by atoms with Crippen LogP contribution in [0.2, 0.25) is 0 Å². The van der Waals surface area contributed by atoms with Gasteiger partial charge in [0.2, 0.25) is 5.82 Å². The van der Waals surface area contributed by atoms with Crippen LogP contribution in [0.5, 0.6) is 17.4 Å². The van der Waals surface area contributed by atoms with Gasteiger partial charge in [-0.3, -0.25) is 4.98 Å². The molecule has 5 heterocycles. The van der Waals surface area contributed by atoms with E-state index in [4.69, 9.17) is 23.5 Å². The Labute approximate surface area is 183 Å². The molecule has 11 heteroatoms. The summed E-state index contributed by atoms with van der Waals surface area (Å²) in [5.41, 5.74) is 1.74. The number of hydrogen-bond acceptors (Lipinski definition) is 10. The van der Waals surface area contributed by atoms with Crippen LogP contribution in [0, 0.1) is 6.92 Å². The zero-order valence-corrected chi connectivity index (χ0v) is 17.7. The van der Waals surface area contributed by atoms with Crippen molar-refractivity contribution < 1.29 is 23.5 Å². The number of nitrogens with zero attached hydrogens (tertiary/aromatic N) is 6. The van der Waals surface area contributed by atoms with Crippen molar-refractivity contribution in [3.63, 3.8) is 0 Å². The van der Waals surface area contributed by atoms with Crippen LogP contribution < -0.4 is 14.2 Å². The van der Waals surface area contributed by atoms with Gasteiger partial charge in [0.1, 0.15) is 24.7 Å². The molecule has 1 fully saturated rings. The lowest BCUT2D eigenvalue weighted by molar-refractivity contribution is 0.0678. The van der Waals surface area contributed by atoms with Crippen molar-refractivity contribution in [2.24, 2.45) is 0 Å². The summed E-state index contributed by atoms with van der Waals surface area (Å²) < 4.78 is 29.3. The maximum atomic E-state index is 5.89. The topological polar surface area (TPSA) is 119 Å². The molecule has 1 saturated heterocycles. The second-order valence-corrected chi connectivity index (χ2v) is 7.35. The average molecular weight is 438 g/mol. The predicted molar refractivity (Wildman–Crippen MR) is 111 cm³/mol. The number of aryl methyl sites for hydroxylation is 1. The lowest BCUT2D eigenvalue weighted by atomic mass is 10.2. The highest BCUT2D eigenvalue weighted by Gasteiger charge is 2.18. The van der Waals surface area contributed by atoms with Crippen molar-refractivity contribution >= 4 is 5.65 Å². The molecule has 4 aromatic rings. The SMILES string of the molecule is COc1cc2nnc(-c3cc(C)on3)n2nc1OCc1ccc(OCC2CCCO2)cn1. The molecule has 1 aliphatic heterocycles. The first-order valence-electron chi connectivity index (χ1n) is 10.3. The Balaban J connectivity index is 1.29. The largest absolute Gasteiger partial charge is 0.491 e. The van der Waals surface area contributed by atoms with Crippen molar-refractivity contribution in [2.45, 2.75) is 32.5 Å². The number of aromatic nitrogens is 6. The molecule has 0 saturated carbocycles. The summed E-state index contributed by atoms with van der Waals surface area (Å²) in [7, 11) is 1.54. The Morgan fingerprint density at radius 1 is 1.19 bits per heavy atom. The number of fused-ring (bicyclic) bond motifs is 1. The summed E-state index contributed by atoms with van der Waals surface area (Å²) >= 11 is 0.